The molecule has 1 aliphatic rings. The van der Waals surface area contributed by atoms with E-state index in [-0.39, 0.29) is 24.2 Å². The number of aromatic nitrogens is 1. The quantitative estimate of drug-likeness (QED) is 0.668. The standard InChI is InChI=1S/C16H15BrF2N2O3S/c17-11-2-3-13(24-15(18)19)10(7-11)1-4-14(22)21-8-12(9-21)23-16-20-5-6-25-16/h2-3,5-7,12,15H,1,4,8-9H2. The predicted molar refractivity (Wildman–Crippen MR) is 92.2 cm³/mol. The SMILES string of the molecule is O=C(CCc1cc(Br)ccc1OC(F)F)N1CC(Oc2nccs2)C1. The Hall–Kier alpha value is -1.74. The molecule has 0 radical (unpaired) electrons. The number of halogens is 3. The first-order valence-electron chi connectivity index (χ1n) is 7.58. The molecule has 0 aliphatic carbocycles. The Kier molecular flexibility index (Phi) is 5.85. The van der Waals surface area contributed by atoms with Crippen molar-refractivity contribution in [3.63, 3.8) is 0 Å². The van der Waals surface area contributed by atoms with E-state index in [0.29, 0.717) is 30.3 Å². The van der Waals surface area contributed by atoms with Crippen molar-refractivity contribution in [1.29, 1.82) is 0 Å². The van der Waals surface area contributed by atoms with Crippen LogP contribution in [0.3, 0.4) is 0 Å². The number of nitrogens with zero attached hydrogens (tertiary/aromatic N) is 2. The van der Waals surface area contributed by atoms with Crippen LogP contribution in [0.5, 0.6) is 10.9 Å². The van der Waals surface area contributed by atoms with Crippen LogP contribution in [0.25, 0.3) is 0 Å². The largest absolute Gasteiger partial charge is 0.463 e. The molecule has 2 aromatic rings. The second-order valence-electron chi connectivity index (χ2n) is 5.47. The van der Waals surface area contributed by atoms with Crippen molar-refractivity contribution in [3.8, 4) is 10.9 Å². The van der Waals surface area contributed by atoms with E-state index in [1.54, 1.807) is 23.2 Å². The number of carbonyl (C=O) groups is 1. The topological polar surface area (TPSA) is 51.7 Å². The van der Waals surface area contributed by atoms with Gasteiger partial charge < -0.3 is 14.4 Å². The van der Waals surface area contributed by atoms with Gasteiger partial charge in [0.05, 0.1) is 13.1 Å². The summed E-state index contributed by atoms with van der Waals surface area (Å²) >= 11 is 4.71. The molecule has 0 atom stereocenters. The van der Waals surface area contributed by atoms with Crippen molar-refractivity contribution in [2.75, 3.05) is 13.1 Å². The molecular weight excluding hydrogens is 418 g/mol. The maximum atomic E-state index is 12.5. The average molecular weight is 433 g/mol. The first-order valence-corrected chi connectivity index (χ1v) is 9.25. The maximum Gasteiger partial charge on any atom is 0.387 e. The van der Waals surface area contributed by atoms with Gasteiger partial charge in [0.25, 0.3) is 5.19 Å². The lowest BCUT2D eigenvalue weighted by molar-refractivity contribution is -0.139. The van der Waals surface area contributed by atoms with Gasteiger partial charge in [0.1, 0.15) is 11.9 Å². The van der Waals surface area contributed by atoms with Crippen LogP contribution in [-0.4, -0.2) is 41.6 Å². The summed E-state index contributed by atoms with van der Waals surface area (Å²) in [5.41, 5.74) is 0.569. The summed E-state index contributed by atoms with van der Waals surface area (Å²) in [5, 5.41) is 2.42. The van der Waals surface area contributed by atoms with Crippen LogP contribution in [0.2, 0.25) is 0 Å². The van der Waals surface area contributed by atoms with Crippen LogP contribution in [-0.2, 0) is 11.2 Å². The Morgan fingerprint density at radius 2 is 2.24 bits per heavy atom. The van der Waals surface area contributed by atoms with Crippen molar-refractivity contribution in [2.45, 2.75) is 25.6 Å². The van der Waals surface area contributed by atoms with Gasteiger partial charge in [-0.25, -0.2) is 4.98 Å². The fourth-order valence-electron chi connectivity index (χ4n) is 2.48. The summed E-state index contributed by atoms with van der Waals surface area (Å²) < 4.78 is 35.8. The van der Waals surface area contributed by atoms with Gasteiger partial charge in [-0.05, 0) is 30.2 Å². The van der Waals surface area contributed by atoms with Gasteiger partial charge in [-0.2, -0.15) is 8.78 Å². The third kappa shape index (κ3) is 4.88. The molecule has 1 saturated heterocycles. The molecule has 0 N–H and O–H groups in total. The minimum atomic E-state index is -2.89. The molecule has 2 heterocycles. The highest BCUT2D eigenvalue weighted by atomic mass is 79.9. The molecular formula is C16H15BrF2N2O3S. The number of alkyl halides is 2. The molecule has 9 heteroatoms. The number of likely N-dealkylation sites (tertiary alicyclic amines) is 1. The predicted octanol–water partition coefficient (Wildman–Crippen LogP) is 3.73. The van der Waals surface area contributed by atoms with E-state index < -0.39 is 6.61 Å². The molecule has 1 aliphatic heterocycles. The Morgan fingerprint density at radius 1 is 1.44 bits per heavy atom. The summed E-state index contributed by atoms with van der Waals surface area (Å²) in [5.74, 6) is 0.0570. The highest BCUT2D eigenvalue weighted by Gasteiger charge is 2.32. The van der Waals surface area contributed by atoms with Gasteiger partial charge >= 0.3 is 6.61 Å². The number of rotatable bonds is 7. The van der Waals surface area contributed by atoms with E-state index in [4.69, 9.17) is 4.74 Å². The van der Waals surface area contributed by atoms with Crippen molar-refractivity contribution in [3.05, 3.63) is 39.8 Å². The molecule has 1 fully saturated rings. The lowest BCUT2D eigenvalue weighted by atomic mass is 10.1. The molecule has 1 amide bonds. The Bertz CT molecular complexity index is 724. The average Bonchev–Trinajstić information content (AvgIpc) is 3.03. The third-order valence-corrected chi connectivity index (χ3v) is 4.88. The molecule has 0 unspecified atom stereocenters. The lowest BCUT2D eigenvalue weighted by Gasteiger charge is -2.38. The monoisotopic (exact) mass is 432 g/mol. The molecule has 1 aromatic heterocycles. The highest BCUT2D eigenvalue weighted by molar-refractivity contribution is 9.10. The molecule has 0 spiro atoms. The van der Waals surface area contributed by atoms with Gasteiger partial charge in [-0.1, -0.05) is 27.3 Å². The fourth-order valence-corrected chi connectivity index (χ4v) is 3.44. The smallest absolute Gasteiger partial charge is 0.387 e. The number of ether oxygens (including phenoxy) is 2. The first kappa shape index (κ1) is 18.1. The van der Waals surface area contributed by atoms with Gasteiger partial charge in [-0.15, -0.1) is 0 Å². The van der Waals surface area contributed by atoms with Crippen LogP contribution in [0.1, 0.15) is 12.0 Å². The lowest BCUT2D eigenvalue weighted by Crippen LogP contribution is -2.56. The van der Waals surface area contributed by atoms with E-state index in [9.17, 15) is 13.6 Å². The number of hydrogen-bond acceptors (Lipinski definition) is 5. The first-order chi connectivity index (χ1) is 12.0. The van der Waals surface area contributed by atoms with E-state index in [1.807, 2.05) is 5.38 Å². The zero-order valence-corrected chi connectivity index (χ0v) is 15.4. The second-order valence-corrected chi connectivity index (χ2v) is 7.24. The van der Waals surface area contributed by atoms with Crippen LogP contribution < -0.4 is 9.47 Å². The summed E-state index contributed by atoms with van der Waals surface area (Å²) in [6.07, 6.45) is 2.17. The van der Waals surface area contributed by atoms with Crippen LogP contribution >= 0.6 is 27.3 Å². The van der Waals surface area contributed by atoms with Gasteiger partial charge in [0, 0.05) is 22.5 Å². The molecule has 5 nitrogen and oxygen atoms in total. The van der Waals surface area contributed by atoms with Crippen LogP contribution in [0.15, 0.2) is 34.2 Å². The summed E-state index contributed by atoms with van der Waals surface area (Å²) in [7, 11) is 0. The van der Waals surface area contributed by atoms with E-state index in [1.165, 1.54) is 17.4 Å². The Balaban J connectivity index is 1.49. The number of carbonyl (C=O) groups excluding carboxylic acids is 1. The van der Waals surface area contributed by atoms with Crippen LogP contribution in [0.4, 0.5) is 8.78 Å². The van der Waals surface area contributed by atoms with E-state index in [2.05, 4.69) is 25.7 Å². The minimum absolute atomic E-state index is 0.0399. The Morgan fingerprint density at radius 3 is 2.92 bits per heavy atom. The summed E-state index contributed by atoms with van der Waals surface area (Å²) in [6, 6.07) is 4.78. The number of amides is 1. The third-order valence-electron chi connectivity index (χ3n) is 3.72. The maximum absolute atomic E-state index is 12.5. The number of thiazole rings is 1. The van der Waals surface area contributed by atoms with Crippen molar-refractivity contribution in [1.82, 2.24) is 9.88 Å². The second kappa shape index (κ2) is 8.09. The molecule has 134 valence electrons. The molecule has 25 heavy (non-hydrogen) atoms. The summed E-state index contributed by atoms with van der Waals surface area (Å²) in [4.78, 5) is 17.9. The minimum Gasteiger partial charge on any atom is -0.463 e. The molecule has 0 saturated carbocycles. The number of aryl methyl sites for hydroxylation is 1. The van der Waals surface area contributed by atoms with Gasteiger partial charge in [-0.3, -0.25) is 4.79 Å². The number of benzene rings is 1. The number of hydrogen-bond donors (Lipinski definition) is 0. The normalized spacial score (nSPS) is 14.5. The summed E-state index contributed by atoms with van der Waals surface area (Å²) in [6.45, 7) is -1.87. The Labute approximate surface area is 155 Å². The van der Waals surface area contributed by atoms with Crippen molar-refractivity contribution >= 4 is 33.2 Å². The van der Waals surface area contributed by atoms with Crippen molar-refractivity contribution in [2.24, 2.45) is 0 Å². The van der Waals surface area contributed by atoms with Gasteiger partial charge in [0.15, 0.2) is 0 Å². The zero-order chi connectivity index (χ0) is 17.8. The molecule has 3 rings (SSSR count). The fraction of sp³-hybridized carbons (Fsp3) is 0.375. The molecule has 1 aromatic carbocycles. The van der Waals surface area contributed by atoms with Gasteiger partial charge in [0.2, 0.25) is 5.91 Å². The van der Waals surface area contributed by atoms with Crippen molar-refractivity contribution < 1.29 is 23.0 Å². The highest BCUT2D eigenvalue weighted by Crippen LogP contribution is 2.27. The zero-order valence-electron chi connectivity index (χ0n) is 13.0. The van der Waals surface area contributed by atoms with E-state index >= 15 is 0 Å². The molecule has 0 bridgehead atoms. The van der Waals surface area contributed by atoms with Crippen LogP contribution in [0, 0.1) is 0 Å². The van der Waals surface area contributed by atoms with E-state index in [0.717, 1.165) is 4.47 Å².